The summed E-state index contributed by atoms with van der Waals surface area (Å²) >= 11 is 12.2. The molecule has 1 saturated heterocycles. The van der Waals surface area contributed by atoms with Crippen molar-refractivity contribution in [1.82, 2.24) is 14.5 Å². The summed E-state index contributed by atoms with van der Waals surface area (Å²) in [7, 11) is 1.59. The quantitative estimate of drug-likeness (QED) is 0.458. The second-order valence-electron chi connectivity index (χ2n) is 7.77. The highest BCUT2D eigenvalue weighted by atomic mass is 35.5. The summed E-state index contributed by atoms with van der Waals surface area (Å²) in [5.41, 5.74) is 1.58. The van der Waals surface area contributed by atoms with Crippen molar-refractivity contribution in [2.75, 3.05) is 20.3 Å². The molecule has 3 aromatic rings. The van der Waals surface area contributed by atoms with E-state index in [2.05, 4.69) is 4.98 Å². The maximum Gasteiger partial charge on any atom is 0.254 e. The number of imidazole rings is 1. The van der Waals surface area contributed by atoms with Crippen LogP contribution in [-0.4, -0.2) is 46.7 Å². The lowest BCUT2D eigenvalue weighted by Gasteiger charge is -2.26. The lowest BCUT2D eigenvalue weighted by Crippen LogP contribution is -2.37. The largest absolute Gasteiger partial charge is 0.497 e. The molecule has 0 aliphatic carbocycles. The van der Waals surface area contributed by atoms with Crippen molar-refractivity contribution in [1.29, 1.82) is 0 Å². The molecule has 1 aliphatic rings. The highest BCUT2D eigenvalue weighted by Gasteiger charge is 2.25. The minimum absolute atomic E-state index is 0.0306. The second kappa shape index (κ2) is 10.4. The fourth-order valence-electron chi connectivity index (χ4n) is 3.83. The number of hydrogen-bond donors (Lipinski definition) is 0. The van der Waals surface area contributed by atoms with Crippen molar-refractivity contribution >= 4 is 29.1 Å². The Morgan fingerprint density at radius 1 is 1.25 bits per heavy atom. The summed E-state index contributed by atoms with van der Waals surface area (Å²) in [5, 5.41) is 1.03. The topological polar surface area (TPSA) is 56.6 Å². The Morgan fingerprint density at radius 3 is 2.88 bits per heavy atom. The number of methoxy groups -OCH3 is 1. The van der Waals surface area contributed by atoms with E-state index in [1.165, 1.54) is 0 Å². The average Bonchev–Trinajstić information content (AvgIpc) is 3.48. The summed E-state index contributed by atoms with van der Waals surface area (Å²) in [6.45, 7) is 2.19. The van der Waals surface area contributed by atoms with E-state index in [0.29, 0.717) is 41.0 Å². The van der Waals surface area contributed by atoms with Crippen molar-refractivity contribution < 1.29 is 14.3 Å². The van der Waals surface area contributed by atoms with Crippen molar-refractivity contribution in [3.8, 4) is 5.75 Å². The summed E-state index contributed by atoms with van der Waals surface area (Å²) in [4.78, 5) is 19.7. The number of rotatable bonds is 8. The van der Waals surface area contributed by atoms with E-state index >= 15 is 0 Å². The van der Waals surface area contributed by atoms with Crippen LogP contribution in [0, 0.1) is 0 Å². The van der Waals surface area contributed by atoms with Crippen molar-refractivity contribution in [2.45, 2.75) is 32.0 Å². The first-order chi connectivity index (χ1) is 15.5. The molecule has 1 atom stereocenters. The van der Waals surface area contributed by atoms with E-state index in [0.717, 1.165) is 30.8 Å². The third kappa shape index (κ3) is 5.44. The van der Waals surface area contributed by atoms with E-state index in [-0.39, 0.29) is 12.0 Å². The molecule has 4 rings (SSSR count). The normalized spacial score (nSPS) is 15.7. The number of aromatic nitrogens is 2. The maximum absolute atomic E-state index is 13.4. The predicted molar refractivity (Wildman–Crippen MR) is 124 cm³/mol. The highest BCUT2D eigenvalue weighted by molar-refractivity contribution is 6.42. The molecule has 32 heavy (non-hydrogen) atoms. The highest BCUT2D eigenvalue weighted by Crippen LogP contribution is 2.24. The van der Waals surface area contributed by atoms with Gasteiger partial charge in [-0.3, -0.25) is 4.79 Å². The van der Waals surface area contributed by atoms with Gasteiger partial charge in [0, 0.05) is 37.7 Å². The van der Waals surface area contributed by atoms with Gasteiger partial charge in [0.15, 0.2) is 0 Å². The number of ether oxygens (including phenoxy) is 2. The SMILES string of the molecule is COc1cccc(C(=O)N(Cc2nccn2Cc2ccc(Cl)c(Cl)c2)CC2CCCO2)c1. The second-order valence-corrected chi connectivity index (χ2v) is 8.59. The van der Waals surface area contributed by atoms with E-state index in [1.54, 1.807) is 36.4 Å². The van der Waals surface area contributed by atoms with E-state index in [9.17, 15) is 4.79 Å². The van der Waals surface area contributed by atoms with Crippen molar-refractivity contribution in [3.05, 3.63) is 81.9 Å². The van der Waals surface area contributed by atoms with Crippen LogP contribution in [0.4, 0.5) is 0 Å². The summed E-state index contributed by atoms with van der Waals surface area (Å²) < 4.78 is 13.1. The van der Waals surface area contributed by atoms with E-state index < -0.39 is 0 Å². The molecule has 2 heterocycles. The van der Waals surface area contributed by atoms with Gasteiger partial charge < -0.3 is 18.9 Å². The Morgan fingerprint density at radius 2 is 2.12 bits per heavy atom. The van der Waals surface area contributed by atoms with Gasteiger partial charge in [-0.1, -0.05) is 35.3 Å². The Balaban J connectivity index is 1.56. The summed E-state index contributed by atoms with van der Waals surface area (Å²) in [5.74, 6) is 1.35. The minimum atomic E-state index is -0.0801. The molecule has 1 amide bonds. The number of benzene rings is 2. The molecule has 168 valence electrons. The number of amides is 1. The molecule has 0 radical (unpaired) electrons. The summed E-state index contributed by atoms with van der Waals surface area (Å²) in [6.07, 6.45) is 5.63. The van der Waals surface area contributed by atoms with Gasteiger partial charge in [-0.15, -0.1) is 0 Å². The molecule has 6 nitrogen and oxygen atoms in total. The molecule has 0 N–H and O–H groups in total. The van der Waals surface area contributed by atoms with E-state index in [1.807, 2.05) is 35.0 Å². The molecule has 8 heteroatoms. The molecule has 0 spiro atoms. The fourth-order valence-corrected chi connectivity index (χ4v) is 4.15. The number of hydrogen-bond acceptors (Lipinski definition) is 4. The van der Waals surface area contributed by atoms with Crippen molar-refractivity contribution in [2.24, 2.45) is 0 Å². The molecule has 1 unspecified atom stereocenters. The Kier molecular flexibility index (Phi) is 7.35. The smallest absolute Gasteiger partial charge is 0.254 e. The molecule has 1 fully saturated rings. The van der Waals surface area contributed by atoms with Gasteiger partial charge in [0.2, 0.25) is 0 Å². The van der Waals surface area contributed by atoms with Crippen LogP contribution in [0.1, 0.15) is 34.6 Å². The molecular weight excluding hydrogens is 449 g/mol. The number of carbonyl (C=O) groups excluding carboxylic acids is 1. The van der Waals surface area contributed by atoms with Crippen LogP contribution in [-0.2, 0) is 17.8 Å². The lowest BCUT2D eigenvalue weighted by molar-refractivity contribution is 0.0499. The zero-order valence-corrected chi connectivity index (χ0v) is 19.4. The van der Waals surface area contributed by atoms with Crippen LogP contribution in [0.3, 0.4) is 0 Å². The van der Waals surface area contributed by atoms with Gasteiger partial charge in [-0.2, -0.15) is 0 Å². The fraction of sp³-hybridized carbons (Fsp3) is 0.333. The van der Waals surface area contributed by atoms with Crippen LogP contribution in [0.5, 0.6) is 5.75 Å². The first-order valence-electron chi connectivity index (χ1n) is 10.5. The van der Waals surface area contributed by atoms with Gasteiger partial charge in [-0.25, -0.2) is 4.98 Å². The van der Waals surface area contributed by atoms with Gasteiger partial charge in [-0.05, 0) is 48.7 Å². The molecule has 1 aliphatic heterocycles. The average molecular weight is 474 g/mol. The van der Waals surface area contributed by atoms with Crippen LogP contribution in [0.25, 0.3) is 0 Å². The van der Waals surface area contributed by atoms with Crippen LogP contribution in [0.2, 0.25) is 10.0 Å². The van der Waals surface area contributed by atoms with Crippen LogP contribution in [0.15, 0.2) is 54.9 Å². The number of nitrogens with zero attached hydrogens (tertiary/aromatic N) is 3. The lowest BCUT2D eigenvalue weighted by atomic mass is 10.1. The van der Waals surface area contributed by atoms with Crippen LogP contribution >= 0.6 is 23.2 Å². The van der Waals surface area contributed by atoms with Gasteiger partial charge in [0.05, 0.1) is 29.8 Å². The van der Waals surface area contributed by atoms with Gasteiger partial charge in [0.25, 0.3) is 5.91 Å². The first-order valence-corrected chi connectivity index (χ1v) is 11.3. The molecule has 2 aromatic carbocycles. The zero-order chi connectivity index (χ0) is 22.5. The Hall–Kier alpha value is -2.54. The molecule has 0 saturated carbocycles. The standard InChI is InChI=1S/C24H25Cl2N3O3/c1-31-19-5-2-4-18(13-19)24(30)29(15-20-6-3-11-32-20)16-23-27-9-10-28(23)14-17-7-8-21(25)22(26)12-17/h2,4-5,7-10,12-13,20H,3,6,11,14-16H2,1H3. The Labute approximate surface area is 197 Å². The third-order valence-electron chi connectivity index (χ3n) is 5.52. The van der Waals surface area contributed by atoms with Crippen molar-refractivity contribution in [3.63, 3.8) is 0 Å². The first kappa shape index (κ1) is 22.6. The predicted octanol–water partition coefficient (Wildman–Crippen LogP) is 5.07. The van der Waals surface area contributed by atoms with Gasteiger partial charge >= 0.3 is 0 Å². The van der Waals surface area contributed by atoms with E-state index in [4.69, 9.17) is 32.7 Å². The Bertz CT molecular complexity index is 1080. The molecule has 0 bridgehead atoms. The maximum atomic E-state index is 13.4. The zero-order valence-electron chi connectivity index (χ0n) is 17.8. The van der Waals surface area contributed by atoms with Crippen LogP contribution < -0.4 is 4.74 Å². The van der Waals surface area contributed by atoms with Gasteiger partial charge in [0.1, 0.15) is 11.6 Å². The monoisotopic (exact) mass is 473 g/mol. The number of carbonyl (C=O) groups is 1. The summed E-state index contributed by atoms with van der Waals surface area (Å²) in [6, 6.07) is 12.8. The minimum Gasteiger partial charge on any atom is -0.497 e. The number of halogens is 2. The molecular formula is C24H25Cl2N3O3. The molecule has 1 aromatic heterocycles. The third-order valence-corrected chi connectivity index (χ3v) is 6.26.